The van der Waals surface area contributed by atoms with Crippen molar-refractivity contribution in [1.29, 1.82) is 0 Å². The molecule has 92 valence electrons. The van der Waals surface area contributed by atoms with Gasteiger partial charge in [-0.2, -0.15) is 0 Å². The summed E-state index contributed by atoms with van der Waals surface area (Å²) >= 11 is 0. The van der Waals surface area contributed by atoms with E-state index in [2.05, 4.69) is 10.0 Å². The van der Waals surface area contributed by atoms with E-state index >= 15 is 0 Å². The number of rotatable bonds is 2. The predicted molar refractivity (Wildman–Crippen MR) is 60.4 cm³/mol. The van der Waals surface area contributed by atoms with Crippen molar-refractivity contribution in [1.82, 2.24) is 4.72 Å². The van der Waals surface area contributed by atoms with Crippen molar-refractivity contribution < 1.29 is 17.6 Å². The highest BCUT2D eigenvalue weighted by atomic mass is 32.2. The molecule has 1 unspecified atom stereocenters. The standard InChI is InChI=1S/C10H11FN2O3S/c11-7-2-1-3-8(6-7)12-10(14)9-4-5-17(15,16)13-9/h1-3,6,9,13H,4-5H2,(H,12,14). The summed E-state index contributed by atoms with van der Waals surface area (Å²) in [5, 5.41) is 2.46. The van der Waals surface area contributed by atoms with Gasteiger partial charge in [-0.15, -0.1) is 0 Å². The smallest absolute Gasteiger partial charge is 0.242 e. The third kappa shape index (κ3) is 3.01. The van der Waals surface area contributed by atoms with Gasteiger partial charge in [-0.25, -0.2) is 17.5 Å². The summed E-state index contributed by atoms with van der Waals surface area (Å²) in [4.78, 5) is 11.7. The van der Waals surface area contributed by atoms with Gasteiger partial charge in [-0.1, -0.05) is 6.07 Å². The topological polar surface area (TPSA) is 75.3 Å². The van der Waals surface area contributed by atoms with Crippen LogP contribution in [0.2, 0.25) is 0 Å². The Kier molecular flexibility index (Phi) is 3.12. The molecule has 1 atom stereocenters. The lowest BCUT2D eigenvalue weighted by molar-refractivity contribution is -0.117. The van der Waals surface area contributed by atoms with Gasteiger partial charge in [0.25, 0.3) is 0 Å². The van der Waals surface area contributed by atoms with Gasteiger partial charge >= 0.3 is 0 Å². The molecule has 0 aromatic heterocycles. The first-order valence-electron chi connectivity index (χ1n) is 5.03. The summed E-state index contributed by atoms with van der Waals surface area (Å²) in [5.41, 5.74) is 0.307. The van der Waals surface area contributed by atoms with Crippen LogP contribution in [0.4, 0.5) is 10.1 Å². The maximum Gasteiger partial charge on any atom is 0.242 e. The molecular weight excluding hydrogens is 247 g/mol. The van der Waals surface area contributed by atoms with Crippen LogP contribution >= 0.6 is 0 Å². The van der Waals surface area contributed by atoms with E-state index in [0.29, 0.717) is 5.69 Å². The molecule has 1 saturated heterocycles. The van der Waals surface area contributed by atoms with Crippen molar-refractivity contribution in [3.63, 3.8) is 0 Å². The number of benzene rings is 1. The molecule has 2 rings (SSSR count). The fraction of sp³-hybridized carbons (Fsp3) is 0.300. The zero-order valence-electron chi connectivity index (χ0n) is 8.81. The zero-order valence-corrected chi connectivity index (χ0v) is 9.63. The highest BCUT2D eigenvalue weighted by Crippen LogP contribution is 2.13. The van der Waals surface area contributed by atoms with Gasteiger partial charge in [0.2, 0.25) is 15.9 Å². The van der Waals surface area contributed by atoms with E-state index in [9.17, 15) is 17.6 Å². The number of halogens is 1. The second-order valence-electron chi connectivity index (χ2n) is 3.78. The van der Waals surface area contributed by atoms with Crippen LogP contribution in [0.25, 0.3) is 0 Å². The molecule has 0 spiro atoms. The number of carbonyl (C=O) groups excluding carboxylic acids is 1. The number of nitrogens with one attached hydrogen (secondary N) is 2. The normalized spacial score (nSPS) is 22.3. The third-order valence-electron chi connectivity index (χ3n) is 2.41. The van der Waals surface area contributed by atoms with Gasteiger partial charge in [-0.3, -0.25) is 4.79 Å². The Morgan fingerprint density at radius 3 is 2.82 bits per heavy atom. The Hall–Kier alpha value is -1.47. The van der Waals surface area contributed by atoms with Crippen molar-refractivity contribution in [2.75, 3.05) is 11.1 Å². The zero-order chi connectivity index (χ0) is 12.5. The van der Waals surface area contributed by atoms with Crippen molar-refractivity contribution in [2.24, 2.45) is 0 Å². The van der Waals surface area contributed by atoms with E-state index in [1.807, 2.05) is 0 Å². The maximum absolute atomic E-state index is 12.9. The second kappa shape index (κ2) is 4.42. The van der Waals surface area contributed by atoms with Gasteiger partial charge in [-0.05, 0) is 24.6 Å². The minimum atomic E-state index is -3.33. The number of carbonyl (C=O) groups is 1. The SMILES string of the molecule is O=C(Nc1cccc(F)c1)C1CCS(=O)(=O)N1. The summed E-state index contributed by atoms with van der Waals surface area (Å²) in [6.45, 7) is 0. The van der Waals surface area contributed by atoms with Crippen LogP contribution in [0.5, 0.6) is 0 Å². The number of anilines is 1. The quantitative estimate of drug-likeness (QED) is 0.809. The molecule has 0 saturated carbocycles. The molecule has 1 aromatic rings. The Balaban J connectivity index is 2.03. The molecule has 1 aliphatic rings. The van der Waals surface area contributed by atoms with Crippen LogP contribution in [0, 0.1) is 5.82 Å². The van der Waals surface area contributed by atoms with E-state index in [0.717, 1.165) is 0 Å². The van der Waals surface area contributed by atoms with Crippen LogP contribution in [-0.2, 0) is 14.8 Å². The molecule has 7 heteroatoms. The van der Waals surface area contributed by atoms with Crippen molar-refractivity contribution in [2.45, 2.75) is 12.5 Å². The first-order valence-corrected chi connectivity index (χ1v) is 6.68. The average molecular weight is 258 g/mol. The maximum atomic E-state index is 12.9. The van der Waals surface area contributed by atoms with Gasteiger partial charge < -0.3 is 5.32 Å². The molecule has 1 fully saturated rings. The molecule has 17 heavy (non-hydrogen) atoms. The van der Waals surface area contributed by atoms with Crippen molar-refractivity contribution in [3.05, 3.63) is 30.1 Å². The van der Waals surface area contributed by atoms with Crippen molar-refractivity contribution >= 4 is 21.6 Å². The molecule has 1 aliphatic heterocycles. The van der Waals surface area contributed by atoms with Crippen LogP contribution in [0.3, 0.4) is 0 Å². The monoisotopic (exact) mass is 258 g/mol. The molecule has 1 heterocycles. The third-order valence-corrected chi connectivity index (χ3v) is 3.82. The lowest BCUT2D eigenvalue weighted by Gasteiger charge is -2.09. The second-order valence-corrected chi connectivity index (χ2v) is 5.65. The van der Waals surface area contributed by atoms with Crippen LogP contribution in [-0.4, -0.2) is 26.1 Å². The lowest BCUT2D eigenvalue weighted by Crippen LogP contribution is -2.37. The largest absolute Gasteiger partial charge is 0.325 e. The Morgan fingerprint density at radius 1 is 1.47 bits per heavy atom. The summed E-state index contributed by atoms with van der Waals surface area (Å²) < 4.78 is 37.3. The average Bonchev–Trinajstić information content (AvgIpc) is 2.59. The summed E-state index contributed by atoms with van der Waals surface area (Å²) in [6, 6.07) is 4.65. The summed E-state index contributed by atoms with van der Waals surface area (Å²) in [5.74, 6) is -1.000. The van der Waals surface area contributed by atoms with Gasteiger partial charge in [0.15, 0.2) is 0 Å². The molecular formula is C10H11FN2O3S. The molecule has 0 radical (unpaired) electrons. The molecule has 5 nitrogen and oxygen atoms in total. The first-order chi connectivity index (χ1) is 7.96. The fourth-order valence-corrected chi connectivity index (χ4v) is 2.91. The van der Waals surface area contributed by atoms with Crippen LogP contribution in [0.1, 0.15) is 6.42 Å². The minimum absolute atomic E-state index is 0.0613. The predicted octanol–water partition coefficient (Wildman–Crippen LogP) is 0.456. The van der Waals surface area contributed by atoms with Gasteiger partial charge in [0.05, 0.1) is 5.75 Å². The lowest BCUT2D eigenvalue weighted by atomic mass is 10.2. The number of amides is 1. The number of hydrogen-bond donors (Lipinski definition) is 2. The molecule has 2 N–H and O–H groups in total. The Morgan fingerprint density at radius 2 is 2.24 bits per heavy atom. The van der Waals surface area contributed by atoms with Crippen LogP contribution in [0.15, 0.2) is 24.3 Å². The number of sulfonamides is 1. The van der Waals surface area contributed by atoms with E-state index in [4.69, 9.17) is 0 Å². The minimum Gasteiger partial charge on any atom is -0.325 e. The molecule has 0 bridgehead atoms. The number of hydrogen-bond acceptors (Lipinski definition) is 3. The van der Waals surface area contributed by atoms with Gasteiger partial charge in [0.1, 0.15) is 11.9 Å². The molecule has 1 aromatic carbocycles. The van der Waals surface area contributed by atoms with E-state index in [-0.39, 0.29) is 12.2 Å². The highest BCUT2D eigenvalue weighted by molar-refractivity contribution is 7.89. The molecule has 0 aliphatic carbocycles. The highest BCUT2D eigenvalue weighted by Gasteiger charge is 2.31. The Bertz CT molecular complexity index is 544. The summed E-state index contributed by atoms with van der Waals surface area (Å²) in [7, 11) is -3.33. The first kappa shape index (κ1) is 12.0. The van der Waals surface area contributed by atoms with E-state index in [1.165, 1.54) is 24.3 Å². The summed E-state index contributed by atoms with van der Waals surface area (Å²) in [6.07, 6.45) is 0.226. The van der Waals surface area contributed by atoms with E-state index in [1.54, 1.807) is 0 Å². The fourth-order valence-electron chi connectivity index (χ4n) is 1.59. The Labute approximate surface area is 98.1 Å². The van der Waals surface area contributed by atoms with E-state index < -0.39 is 27.8 Å². The van der Waals surface area contributed by atoms with Crippen LogP contribution < -0.4 is 10.0 Å². The van der Waals surface area contributed by atoms with Gasteiger partial charge in [0, 0.05) is 5.69 Å². The molecule has 1 amide bonds. The van der Waals surface area contributed by atoms with Crippen molar-refractivity contribution in [3.8, 4) is 0 Å².